The molecule has 0 heterocycles. The van der Waals surface area contributed by atoms with E-state index < -0.39 is 0 Å². The molecule has 26 heavy (non-hydrogen) atoms. The summed E-state index contributed by atoms with van der Waals surface area (Å²) in [4.78, 5) is 17.4. The van der Waals surface area contributed by atoms with Crippen LogP contribution in [0.15, 0.2) is 84.0 Å². The fourth-order valence-electron chi connectivity index (χ4n) is 2.27. The molecule has 0 spiro atoms. The number of carbonyl (C=O) groups is 1. The van der Waals surface area contributed by atoms with Gasteiger partial charge in [-0.15, -0.1) is 0 Å². The van der Waals surface area contributed by atoms with Gasteiger partial charge in [-0.3, -0.25) is 4.79 Å². The molecule has 0 bridgehead atoms. The summed E-state index contributed by atoms with van der Waals surface area (Å²) < 4.78 is 13.0. The third-order valence-corrected chi connectivity index (χ3v) is 3.60. The lowest BCUT2D eigenvalue weighted by molar-refractivity contribution is 0.102. The average molecular weight is 348 g/mol. The summed E-state index contributed by atoms with van der Waals surface area (Å²) in [5, 5.41) is 6.65. The molecule has 5 heteroatoms. The quantitative estimate of drug-likeness (QED) is 0.522. The van der Waals surface area contributed by atoms with Crippen LogP contribution in [-0.4, -0.2) is 12.1 Å². The van der Waals surface area contributed by atoms with Crippen LogP contribution in [0.1, 0.15) is 21.5 Å². The zero-order chi connectivity index (χ0) is 18.2. The molecule has 0 fully saturated rings. The number of nitrogens with one attached hydrogen (secondary N) is 1. The molecule has 3 aromatic carbocycles. The highest BCUT2D eigenvalue weighted by molar-refractivity contribution is 6.04. The molecular formula is C21H17FN2O2. The molecule has 0 atom stereocenters. The summed E-state index contributed by atoms with van der Waals surface area (Å²) in [6, 6.07) is 22.4. The van der Waals surface area contributed by atoms with Crippen molar-refractivity contribution in [2.45, 2.75) is 6.61 Å². The molecule has 0 aliphatic rings. The molecule has 0 saturated carbocycles. The van der Waals surface area contributed by atoms with E-state index in [0.717, 1.165) is 11.3 Å². The number of nitrogens with zero attached hydrogens (tertiary/aromatic N) is 1. The molecular weight excluding hydrogens is 331 g/mol. The number of amides is 1. The molecule has 130 valence electrons. The summed E-state index contributed by atoms with van der Waals surface area (Å²) in [5.41, 5.74) is 2.80. The summed E-state index contributed by atoms with van der Waals surface area (Å²) in [6.07, 6.45) is 1.45. The van der Waals surface area contributed by atoms with Crippen LogP contribution in [-0.2, 0) is 11.4 Å². The first-order valence-electron chi connectivity index (χ1n) is 8.07. The second-order valence-corrected chi connectivity index (χ2v) is 5.58. The second-order valence-electron chi connectivity index (χ2n) is 5.58. The molecule has 0 aromatic heterocycles. The van der Waals surface area contributed by atoms with E-state index in [1.165, 1.54) is 18.3 Å². The lowest BCUT2D eigenvalue weighted by Gasteiger charge is -2.06. The Balaban J connectivity index is 1.52. The Labute approximate surface area is 150 Å². The molecule has 3 rings (SSSR count). The van der Waals surface area contributed by atoms with Gasteiger partial charge >= 0.3 is 0 Å². The zero-order valence-electron chi connectivity index (χ0n) is 13.9. The summed E-state index contributed by atoms with van der Waals surface area (Å²) in [7, 11) is 0. The van der Waals surface area contributed by atoms with Crippen LogP contribution in [0.5, 0.6) is 0 Å². The topological polar surface area (TPSA) is 50.7 Å². The van der Waals surface area contributed by atoms with Crippen molar-refractivity contribution in [3.05, 3.63) is 101 Å². The van der Waals surface area contributed by atoms with Gasteiger partial charge < -0.3 is 10.2 Å². The first-order chi connectivity index (χ1) is 12.7. The molecule has 0 aliphatic carbocycles. The van der Waals surface area contributed by atoms with Crippen LogP contribution >= 0.6 is 0 Å². The smallest absolute Gasteiger partial charge is 0.255 e. The molecule has 3 aromatic rings. The maximum absolute atomic E-state index is 13.0. The molecule has 0 saturated heterocycles. The van der Waals surface area contributed by atoms with E-state index in [0.29, 0.717) is 11.1 Å². The second kappa shape index (κ2) is 8.58. The molecule has 0 unspecified atom stereocenters. The predicted molar refractivity (Wildman–Crippen MR) is 99.6 cm³/mol. The van der Waals surface area contributed by atoms with E-state index in [1.54, 1.807) is 36.4 Å². The highest BCUT2D eigenvalue weighted by atomic mass is 19.1. The third kappa shape index (κ3) is 5.01. The van der Waals surface area contributed by atoms with Gasteiger partial charge in [-0.2, -0.15) is 0 Å². The van der Waals surface area contributed by atoms with Crippen molar-refractivity contribution in [3.8, 4) is 0 Å². The van der Waals surface area contributed by atoms with E-state index in [9.17, 15) is 9.18 Å². The number of rotatable bonds is 6. The Hall–Kier alpha value is -3.47. The van der Waals surface area contributed by atoms with Gasteiger partial charge in [0.15, 0.2) is 0 Å². The van der Waals surface area contributed by atoms with Crippen LogP contribution in [0, 0.1) is 5.82 Å². The molecule has 0 aliphatic heterocycles. The Morgan fingerprint density at radius 2 is 1.77 bits per heavy atom. The van der Waals surface area contributed by atoms with Gasteiger partial charge in [0.25, 0.3) is 5.91 Å². The minimum absolute atomic E-state index is 0.173. The molecule has 1 amide bonds. The number of anilines is 1. The zero-order valence-corrected chi connectivity index (χ0v) is 13.9. The first kappa shape index (κ1) is 17.4. The molecule has 0 radical (unpaired) electrons. The highest BCUT2D eigenvalue weighted by Crippen LogP contribution is 2.10. The number of hydrogen-bond donors (Lipinski definition) is 1. The standard InChI is InChI=1S/C21H17FN2O2/c22-19-6-4-5-17(13-19)14-23-26-15-16-9-11-18(12-10-16)21(25)24-20-7-2-1-3-8-20/h1-14H,15H2,(H,24,25)/b23-14-. The Morgan fingerprint density at radius 3 is 2.50 bits per heavy atom. The predicted octanol–water partition coefficient (Wildman–Crippen LogP) is 4.63. The summed E-state index contributed by atoms with van der Waals surface area (Å²) in [5.74, 6) is -0.494. The number of benzene rings is 3. The normalized spacial score (nSPS) is 10.7. The van der Waals surface area contributed by atoms with Gasteiger partial charge in [-0.1, -0.05) is 47.6 Å². The van der Waals surface area contributed by atoms with Crippen molar-refractivity contribution < 1.29 is 14.0 Å². The van der Waals surface area contributed by atoms with E-state index in [1.807, 2.05) is 30.3 Å². The summed E-state index contributed by atoms with van der Waals surface area (Å²) in [6.45, 7) is 0.256. The number of carbonyl (C=O) groups excluding carboxylic acids is 1. The van der Waals surface area contributed by atoms with Gasteiger partial charge in [0.2, 0.25) is 0 Å². The van der Waals surface area contributed by atoms with Crippen LogP contribution < -0.4 is 5.32 Å². The lowest BCUT2D eigenvalue weighted by Crippen LogP contribution is -2.11. The maximum Gasteiger partial charge on any atom is 0.255 e. The van der Waals surface area contributed by atoms with Crippen molar-refractivity contribution in [3.63, 3.8) is 0 Å². The molecule has 1 N–H and O–H groups in total. The van der Waals surface area contributed by atoms with Crippen molar-refractivity contribution in [1.82, 2.24) is 0 Å². The number of para-hydroxylation sites is 1. The van der Waals surface area contributed by atoms with Crippen LogP contribution in [0.4, 0.5) is 10.1 Å². The van der Waals surface area contributed by atoms with E-state index in [4.69, 9.17) is 4.84 Å². The molecule has 4 nitrogen and oxygen atoms in total. The van der Waals surface area contributed by atoms with Crippen LogP contribution in [0.25, 0.3) is 0 Å². The third-order valence-electron chi connectivity index (χ3n) is 3.60. The minimum Gasteiger partial charge on any atom is -0.391 e. The van der Waals surface area contributed by atoms with Crippen molar-refractivity contribution in [2.24, 2.45) is 5.16 Å². The average Bonchev–Trinajstić information content (AvgIpc) is 2.66. The Kier molecular flexibility index (Phi) is 5.72. The highest BCUT2D eigenvalue weighted by Gasteiger charge is 2.05. The van der Waals surface area contributed by atoms with Gasteiger partial charge in [0.05, 0.1) is 6.21 Å². The number of halogens is 1. The van der Waals surface area contributed by atoms with Crippen LogP contribution in [0.3, 0.4) is 0 Å². The van der Waals surface area contributed by atoms with Gasteiger partial charge in [0.1, 0.15) is 12.4 Å². The van der Waals surface area contributed by atoms with Gasteiger partial charge in [-0.05, 0) is 47.5 Å². The fraction of sp³-hybridized carbons (Fsp3) is 0.0476. The number of hydrogen-bond acceptors (Lipinski definition) is 3. The van der Waals surface area contributed by atoms with Gasteiger partial charge in [-0.25, -0.2) is 4.39 Å². The monoisotopic (exact) mass is 348 g/mol. The largest absolute Gasteiger partial charge is 0.391 e. The Bertz CT molecular complexity index is 893. The number of oxime groups is 1. The lowest BCUT2D eigenvalue weighted by atomic mass is 10.1. The minimum atomic E-state index is -0.321. The van der Waals surface area contributed by atoms with Gasteiger partial charge in [0, 0.05) is 11.3 Å². The van der Waals surface area contributed by atoms with Crippen molar-refractivity contribution in [2.75, 3.05) is 5.32 Å². The summed E-state index contributed by atoms with van der Waals surface area (Å²) >= 11 is 0. The van der Waals surface area contributed by atoms with Crippen molar-refractivity contribution >= 4 is 17.8 Å². The van der Waals surface area contributed by atoms with E-state index >= 15 is 0 Å². The Morgan fingerprint density at radius 1 is 1.00 bits per heavy atom. The van der Waals surface area contributed by atoms with E-state index in [-0.39, 0.29) is 18.3 Å². The first-order valence-corrected chi connectivity index (χ1v) is 8.07. The SMILES string of the molecule is O=C(Nc1ccccc1)c1ccc(CO/N=C\c2cccc(F)c2)cc1. The van der Waals surface area contributed by atoms with Crippen molar-refractivity contribution in [1.29, 1.82) is 0 Å². The van der Waals surface area contributed by atoms with Crippen LogP contribution in [0.2, 0.25) is 0 Å². The van der Waals surface area contributed by atoms with E-state index in [2.05, 4.69) is 10.5 Å². The fourth-order valence-corrected chi connectivity index (χ4v) is 2.27. The maximum atomic E-state index is 13.0.